The summed E-state index contributed by atoms with van der Waals surface area (Å²) in [6.45, 7) is 2.76. The standard InChI is InChI=1S/C14H22N2O3/c1-2-3-4-5-6-7-8-19-13-12(15)9-11(10-16-13)14(17)18/h9-10H,2-8,15H2,1H3,(H,17,18). The Kier molecular flexibility index (Phi) is 6.71. The summed E-state index contributed by atoms with van der Waals surface area (Å²) in [5.41, 5.74) is 6.03. The van der Waals surface area contributed by atoms with Crippen LogP contribution in [0.5, 0.6) is 5.88 Å². The van der Waals surface area contributed by atoms with E-state index in [-0.39, 0.29) is 11.3 Å². The van der Waals surface area contributed by atoms with Gasteiger partial charge in [0.15, 0.2) is 0 Å². The van der Waals surface area contributed by atoms with E-state index in [9.17, 15) is 4.79 Å². The van der Waals surface area contributed by atoms with E-state index in [4.69, 9.17) is 15.6 Å². The molecule has 0 spiro atoms. The normalized spacial score (nSPS) is 10.4. The molecule has 0 bridgehead atoms. The summed E-state index contributed by atoms with van der Waals surface area (Å²) in [4.78, 5) is 14.6. The Morgan fingerprint density at radius 3 is 2.63 bits per heavy atom. The van der Waals surface area contributed by atoms with Gasteiger partial charge in [0.05, 0.1) is 17.9 Å². The first kappa shape index (κ1) is 15.3. The molecule has 1 aromatic rings. The van der Waals surface area contributed by atoms with Crippen molar-refractivity contribution in [3.05, 3.63) is 17.8 Å². The van der Waals surface area contributed by atoms with E-state index in [1.807, 2.05) is 0 Å². The topological polar surface area (TPSA) is 85.4 Å². The molecular formula is C14H22N2O3. The lowest BCUT2D eigenvalue weighted by Crippen LogP contribution is -2.05. The molecule has 0 aliphatic rings. The minimum Gasteiger partial charge on any atom is -0.478 e. The second-order valence-electron chi connectivity index (χ2n) is 4.54. The smallest absolute Gasteiger partial charge is 0.337 e. The van der Waals surface area contributed by atoms with E-state index in [1.165, 1.54) is 37.9 Å². The molecule has 5 nitrogen and oxygen atoms in total. The largest absolute Gasteiger partial charge is 0.478 e. The summed E-state index contributed by atoms with van der Waals surface area (Å²) in [6.07, 6.45) is 8.37. The van der Waals surface area contributed by atoms with Crippen LogP contribution in [0.25, 0.3) is 0 Å². The highest BCUT2D eigenvalue weighted by Crippen LogP contribution is 2.19. The molecule has 5 heteroatoms. The summed E-state index contributed by atoms with van der Waals surface area (Å²) in [5, 5.41) is 8.78. The number of nitrogens with two attached hydrogens (primary N) is 1. The fraction of sp³-hybridized carbons (Fsp3) is 0.571. The van der Waals surface area contributed by atoms with Crippen LogP contribution in [0.4, 0.5) is 5.69 Å². The number of hydrogen-bond donors (Lipinski definition) is 2. The van der Waals surface area contributed by atoms with Crippen molar-refractivity contribution in [3.63, 3.8) is 0 Å². The predicted octanol–water partition coefficient (Wildman–Crippen LogP) is 3.10. The molecule has 106 valence electrons. The Balaban J connectivity index is 2.28. The summed E-state index contributed by atoms with van der Waals surface area (Å²) < 4.78 is 5.45. The molecule has 3 N–H and O–H groups in total. The minimum atomic E-state index is -1.04. The van der Waals surface area contributed by atoms with Crippen molar-refractivity contribution in [2.45, 2.75) is 45.4 Å². The van der Waals surface area contributed by atoms with Gasteiger partial charge in [-0.15, -0.1) is 0 Å². The van der Waals surface area contributed by atoms with Gasteiger partial charge < -0.3 is 15.6 Å². The predicted molar refractivity (Wildman–Crippen MR) is 74.5 cm³/mol. The molecule has 19 heavy (non-hydrogen) atoms. The van der Waals surface area contributed by atoms with Gasteiger partial charge in [-0.05, 0) is 12.5 Å². The highest BCUT2D eigenvalue weighted by Gasteiger charge is 2.08. The van der Waals surface area contributed by atoms with Crippen LogP contribution in [-0.4, -0.2) is 22.7 Å². The van der Waals surface area contributed by atoms with Crippen molar-refractivity contribution >= 4 is 11.7 Å². The van der Waals surface area contributed by atoms with Crippen molar-refractivity contribution < 1.29 is 14.6 Å². The maximum absolute atomic E-state index is 10.7. The van der Waals surface area contributed by atoms with Crippen molar-refractivity contribution in [1.29, 1.82) is 0 Å². The van der Waals surface area contributed by atoms with Gasteiger partial charge >= 0.3 is 5.97 Å². The number of nitrogens with zero attached hydrogens (tertiary/aromatic N) is 1. The minimum absolute atomic E-state index is 0.0735. The molecular weight excluding hydrogens is 244 g/mol. The quantitative estimate of drug-likeness (QED) is 0.671. The monoisotopic (exact) mass is 266 g/mol. The van der Waals surface area contributed by atoms with Gasteiger partial charge in [0.1, 0.15) is 0 Å². The number of ether oxygens (including phenoxy) is 1. The van der Waals surface area contributed by atoms with Crippen molar-refractivity contribution in [1.82, 2.24) is 4.98 Å². The van der Waals surface area contributed by atoms with E-state index < -0.39 is 5.97 Å². The highest BCUT2D eigenvalue weighted by atomic mass is 16.5. The van der Waals surface area contributed by atoms with Gasteiger partial charge in [0.2, 0.25) is 5.88 Å². The Labute approximate surface area is 113 Å². The van der Waals surface area contributed by atoms with Crippen LogP contribution in [-0.2, 0) is 0 Å². The number of nitrogen functional groups attached to an aromatic ring is 1. The Hall–Kier alpha value is -1.78. The Morgan fingerprint density at radius 1 is 1.32 bits per heavy atom. The fourth-order valence-electron chi connectivity index (χ4n) is 1.76. The molecule has 0 aromatic carbocycles. The first-order valence-corrected chi connectivity index (χ1v) is 6.76. The average Bonchev–Trinajstić information content (AvgIpc) is 2.39. The van der Waals surface area contributed by atoms with E-state index in [0.29, 0.717) is 12.5 Å². The lowest BCUT2D eigenvalue weighted by atomic mass is 10.1. The maximum Gasteiger partial charge on any atom is 0.337 e. The number of carboxylic acids is 1. The molecule has 0 saturated carbocycles. The van der Waals surface area contributed by atoms with Gasteiger partial charge in [0.25, 0.3) is 0 Å². The summed E-state index contributed by atoms with van der Waals surface area (Å²) in [5.74, 6) is -0.722. The lowest BCUT2D eigenvalue weighted by molar-refractivity contribution is 0.0696. The van der Waals surface area contributed by atoms with Gasteiger partial charge in [-0.25, -0.2) is 9.78 Å². The second kappa shape index (κ2) is 8.34. The molecule has 0 fully saturated rings. The number of anilines is 1. The van der Waals surface area contributed by atoms with Crippen LogP contribution in [0, 0.1) is 0 Å². The van der Waals surface area contributed by atoms with Crippen LogP contribution in [0.1, 0.15) is 55.8 Å². The number of aromatic nitrogens is 1. The summed E-state index contributed by atoms with van der Waals surface area (Å²) >= 11 is 0. The first-order valence-electron chi connectivity index (χ1n) is 6.76. The molecule has 0 radical (unpaired) electrons. The molecule has 0 saturated heterocycles. The third-order valence-electron chi connectivity index (χ3n) is 2.86. The van der Waals surface area contributed by atoms with Crippen molar-refractivity contribution in [3.8, 4) is 5.88 Å². The number of rotatable bonds is 9. The molecule has 1 rings (SSSR count). The highest BCUT2D eigenvalue weighted by molar-refractivity contribution is 5.88. The van der Waals surface area contributed by atoms with E-state index in [0.717, 1.165) is 12.8 Å². The maximum atomic E-state index is 10.7. The average molecular weight is 266 g/mol. The third kappa shape index (κ3) is 5.59. The second-order valence-corrected chi connectivity index (χ2v) is 4.54. The van der Waals surface area contributed by atoms with Gasteiger partial charge in [0, 0.05) is 6.20 Å². The molecule has 1 aromatic heterocycles. The van der Waals surface area contributed by atoms with E-state index in [2.05, 4.69) is 11.9 Å². The lowest BCUT2D eigenvalue weighted by Gasteiger charge is -2.08. The van der Waals surface area contributed by atoms with E-state index in [1.54, 1.807) is 0 Å². The number of hydrogen-bond acceptors (Lipinski definition) is 4. The number of carbonyl (C=O) groups is 1. The van der Waals surface area contributed by atoms with Crippen LogP contribution in [0.2, 0.25) is 0 Å². The fourth-order valence-corrected chi connectivity index (χ4v) is 1.76. The Morgan fingerprint density at radius 2 is 2.00 bits per heavy atom. The third-order valence-corrected chi connectivity index (χ3v) is 2.86. The van der Waals surface area contributed by atoms with Gasteiger partial charge in [-0.3, -0.25) is 0 Å². The summed E-state index contributed by atoms with van der Waals surface area (Å²) in [7, 11) is 0. The zero-order valence-corrected chi connectivity index (χ0v) is 11.4. The van der Waals surface area contributed by atoms with Crippen molar-refractivity contribution in [2.24, 2.45) is 0 Å². The van der Waals surface area contributed by atoms with Crippen LogP contribution in [0.15, 0.2) is 12.3 Å². The zero-order valence-electron chi connectivity index (χ0n) is 11.4. The summed E-state index contributed by atoms with van der Waals surface area (Å²) in [6, 6.07) is 1.37. The van der Waals surface area contributed by atoms with Crippen LogP contribution >= 0.6 is 0 Å². The van der Waals surface area contributed by atoms with Crippen molar-refractivity contribution in [2.75, 3.05) is 12.3 Å². The first-order chi connectivity index (χ1) is 9.15. The van der Waals surface area contributed by atoms with E-state index >= 15 is 0 Å². The Bertz CT molecular complexity index is 408. The number of unbranched alkanes of at least 4 members (excludes halogenated alkanes) is 5. The molecule has 0 amide bonds. The molecule has 0 aliphatic heterocycles. The molecule has 0 aliphatic carbocycles. The molecule has 0 atom stereocenters. The van der Waals surface area contributed by atoms with Crippen LogP contribution < -0.4 is 10.5 Å². The SMILES string of the molecule is CCCCCCCCOc1ncc(C(=O)O)cc1N. The number of aromatic carboxylic acids is 1. The van der Waals surface area contributed by atoms with Gasteiger partial charge in [-0.2, -0.15) is 0 Å². The zero-order chi connectivity index (χ0) is 14.1. The number of carboxylic acid groups (broad SMARTS) is 1. The van der Waals surface area contributed by atoms with Crippen LogP contribution in [0.3, 0.4) is 0 Å². The molecule has 1 heterocycles. The number of pyridine rings is 1. The van der Waals surface area contributed by atoms with Gasteiger partial charge in [-0.1, -0.05) is 39.0 Å². The molecule has 0 unspecified atom stereocenters.